The molecule has 0 aliphatic carbocycles. The molecule has 3 N–H and O–H groups in total. The summed E-state index contributed by atoms with van der Waals surface area (Å²) in [5, 5.41) is 14.2. The van der Waals surface area contributed by atoms with Crippen LogP contribution in [0, 0.1) is 0 Å². The molecule has 1 atom stereocenters. The minimum absolute atomic E-state index is 0.125. The number of carbonyl (C=O) groups excluding carboxylic acids is 1. The molecule has 2 heterocycles. The molecule has 21 heavy (non-hydrogen) atoms. The molecular formula is C14H20N4O3. The summed E-state index contributed by atoms with van der Waals surface area (Å²) in [5.74, 6) is -0.929. The van der Waals surface area contributed by atoms with Crippen molar-refractivity contribution in [2.24, 2.45) is 0 Å². The minimum atomic E-state index is -0.929. The van der Waals surface area contributed by atoms with Gasteiger partial charge >= 0.3 is 12.0 Å². The molecule has 0 aromatic carbocycles. The zero-order valence-corrected chi connectivity index (χ0v) is 12.0. The molecule has 1 saturated heterocycles. The fourth-order valence-electron chi connectivity index (χ4n) is 2.38. The Morgan fingerprint density at radius 3 is 2.86 bits per heavy atom. The van der Waals surface area contributed by atoms with Crippen LogP contribution in [0.15, 0.2) is 18.3 Å². The van der Waals surface area contributed by atoms with Gasteiger partial charge in [-0.1, -0.05) is 0 Å². The van der Waals surface area contributed by atoms with Gasteiger partial charge in [0.1, 0.15) is 0 Å². The quantitative estimate of drug-likeness (QED) is 0.750. The SMILES string of the molecule is CN1CCCC1CNC(=O)Nc1ccc(CC(=O)O)nc1. The Labute approximate surface area is 123 Å². The van der Waals surface area contributed by atoms with Gasteiger partial charge in [0.05, 0.1) is 24.0 Å². The number of aromatic nitrogens is 1. The molecule has 1 aliphatic heterocycles. The van der Waals surface area contributed by atoms with Crippen molar-refractivity contribution in [1.29, 1.82) is 0 Å². The number of likely N-dealkylation sites (N-methyl/N-ethyl adjacent to an activating group) is 1. The molecule has 0 spiro atoms. The summed E-state index contributed by atoms with van der Waals surface area (Å²) in [4.78, 5) is 28.5. The van der Waals surface area contributed by atoms with Crippen LogP contribution < -0.4 is 10.6 Å². The summed E-state index contributed by atoms with van der Waals surface area (Å²) in [7, 11) is 2.06. The van der Waals surface area contributed by atoms with Crippen LogP contribution in [0.1, 0.15) is 18.5 Å². The normalized spacial score (nSPS) is 18.4. The van der Waals surface area contributed by atoms with Crippen LogP contribution in [0.25, 0.3) is 0 Å². The number of rotatable bonds is 5. The second-order valence-electron chi connectivity index (χ2n) is 5.22. The van der Waals surface area contributed by atoms with Crippen LogP contribution in [0.2, 0.25) is 0 Å². The molecule has 7 heteroatoms. The van der Waals surface area contributed by atoms with E-state index in [1.54, 1.807) is 12.1 Å². The van der Waals surface area contributed by atoms with E-state index in [-0.39, 0.29) is 12.5 Å². The van der Waals surface area contributed by atoms with Crippen molar-refractivity contribution in [3.63, 3.8) is 0 Å². The first kappa shape index (κ1) is 15.2. The molecule has 1 aromatic heterocycles. The predicted octanol–water partition coefficient (Wildman–Crippen LogP) is 0.924. The molecule has 0 radical (unpaired) electrons. The van der Waals surface area contributed by atoms with E-state index >= 15 is 0 Å². The number of hydrogen-bond acceptors (Lipinski definition) is 4. The molecular weight excluding hydrogens is 272 g/mol. The number of amides is 2. The second kappa shape index (κ2) is 7.03. The zero-order chi connectivity index (χ0) is 15.2. The maximum absolute atomic E-state index is 11.8. The summed E-state index contributed by atoms with van der Waals surface area (Å²) in [6.07, 6.45) is 3.60. The molecule has 2 rings (SSSR count). The number of carbonyl (C=O) groups is 2. The largest absolute Gasteiger partial charge is 0.481 e. The van der Waals surface area contributed by atoms with E-state index in [1.165, 1.54) is 12.6 Å². The van der Waals surface area contributed by atoms with Gasteiger partial charge < -0.3 is 20.6 Å². The third-order valence-corrected chi connectivity index (χ3v) is 3.58. The summed E-state index contributed by atoms with van der Waals surface area (Å²) in [6, 6.07) is 3.36. The number of pyridine rings is 1. The van der Waals surface area contributed by atoms with E-state index in [9.17, 15) is 9.59 Å². The number of carboxylic acid groups (broad SMARTS) is 1. The lowest BCUT2D eigenvalue weighted by molar-refractivity contribution is -0.136. The fourth-order valence-corrected chi connectivity index (χ4v) is 2.38. The summed E-state index contributed by atoms with van der Waals surface area (Å²) in [5.41, 5.74) is 1.00. The van der Waals surface area contributed by atoms with Gasteiger partial charge in [0.25, 0.3) is 0 Å². The molecule has 114 valence electrons. The Morgan fingerprint density at radius 1 is 1.48 bits per heavy atom. The standard InChI is InChI=1S/C14H20N4O3/c1-18-6-2-3-12(18)9-16-14(21)17-11-5-4-10(15-8-11)7-13(19)20/h4-5,8,12H,2-3,6-7,9H2,1H3,(H,19,20)(H2,16,17,21). The Kier molecular flexibility index (Phi) is 5.10. The molecule has 0 saturated carbocycles. The third-order valence-electron chi connectivity index (χ3n) is 3.58. The van der Waals surface area contributed by atoms with Crippen LogP contribution >= 0.6 is 0 Å². The number of aliphatic carboxylic acids is 1. The van der Waals surface area contributed by atoms with Crippen molar-refractivity contribution >= 4 is 17.7 Å². The van der Waals surface area contributed by atoms with Crippen LogP contribution in [0.4, 0.5) is 10.5 Å². The first-order chi connectivity index (χ1) is 10.0. The van der Waals surface area contributed by atoms with Gasteiger partial charge in [-0.05, 0) is 38.6 Å². The van der Waals surface area contributed by atoms with Gasteiger partial charge in [0.15, 0.2) is 0 Å². The molecule has 2 amide bonds. The van der Waals surface area contributed by atoms with Crippen molar-refractivity contribution in [2.45, 2.75) is 25.3 Å². The highest BCUT2D eigenvalue weighted by Gasteiger charge is 2.20. The summed E-state index contributed by atoms with van der Waals surface area (Å²) >= 11 is 0. The minimum Gasteiger partial charge on any atom is -0.481 e. The molecule has 7 nitrogen and oxygen atoms in total. The van der Waals surface area contributed by atoms with Gasteiger partial charge in [0, 0.05) is 12.6 Å². The average Bonchev–Trinajstić information content (AvgIpc) is 2.84. The monoisotopic (exact) mass is 292 g/mol. The Balaban J connectivity index is 1.78. The van der Waals surface area contributed by atoms with Gasteiger partial charge in [0.2, 0.25) is 0 Å². The number of hydrogen-bond donors (Lipinski definition) is 3. The van der Waals surface area contributed by atoms with Crippen molar-refractivity contribution in [3.05, 3.63) is 24.0 Å². The number of anilines is 1. The van der Waals surface area contributed by atoms with Crippen molar-refractivity contribution in [2.75, 3.05) is 25.5 Å². The fraction of sp³-hybridized carbons (Fsp3) is 0.500. The molecule has 1 unspecified atom stereocenters. The third kappa shape index (κ3) is 4.71. The van der Waals surface area contributed by atoms with E-state index in [1.807, 2.05) is 0 Å². The second-order valence-corrected chi connectivity index (χ2v) is 5.22. The highest BCUT2D eigenvalue weighted by Crippen LogP contribution is 2.13. The summed E-state index contributed by atoms with van der Waals surface area (Å²) in [6.45, 7) is 1.69. The van der Waals surface area contributed by atoms with Crippen molar-refractivity contribution < 1.29 is 14.7 Å². The highest BCUT2D eigenvalue weighted by atomic mass is 16.4. The van der Waals surface area contributed by atoms with Crippen LogP contribution in [0.3, 0.4) is 0 Å². The maximum atomic E-state index is 11.8. The van der Waals surface area contributed by atoms with Crippen molar-refractivity contribution in [1.82, 2.24) is 15.2 Å². The van der Waals surface area contributed by atoms with Gasteiger partial charge in [-0.3, -0.25) is 9.78 Å². The number of carboxylic acids is 1. The van der Waals surface area contributed by atoms with Crippen LogP contribution in [0.5, 0.6) is 0 Å². The first-order valence-corrected chi connectivity index (χ1v) is 6.96. The zero-order valence-electron chi connectivity index (χ0n) is 12.0. The molecule has 1 aliphatic rings. The lowest BCUT2D eigenvalue weighted by Crippen LogP contribution is -2.40. The lowest BCUT2D eigenvalue weighted by Gasteiger charge is -2.19. The van der Waals surface area contributed by atoms with E-state index in [0.29, 0.717) is 24.0 Å². The lowest BCUT2D eigenvalue weighted by atomic mass is 10.2. The number of urea groups is 1. The average molecular weight is 292 g/mol. The van der Waals surface area contributed by atoms with E-state index < -0.39 is 5.97 Å². The number of nitrogens with zero attached hydrogens (tertiary/aromatic N) is 2. The highest BCUT2D eigenvalue weighted by molar-refractivity contribution is 5.89. The Bertz CT molecular complexity index is 503. The van der Waals surface area contributed by atoms with E-state index in [0.717, 1.165) is 13.0 Å². The molecule has 1 aromatic rings. The Morgan fingerprint density at radius 2 is 2.29 bits per heavy atom. The summed E-state index contributed by atoms with van der Waals surface area (Å²) < 4.78 is 0. The topological polar surface area (TPSA) is 94.6 Å². The molecule has 1 fully saturated rings. The molecule has 0 bridgehead atoms. The van der Waals surface area contributed by atoms with E-state index in [4.69, 9.17) is 5.11 Å². The van der Waals surface area contributed by atoms with Gasteiger partial charge in [-0.2, -0.15) is 0 Å². The van der Waals surface area contributed by atoms with Crippen molar-refractivity contribution in [3.8, 4) is 0 Å². The predicted molar refractivity (Wildman–Crippen MR) is 78.3 cm³/mol. The van der Waals surface area contributed by atoms with E-state index in [2.05, 4.69) is 27.6 Å². The number of likely N-dealkylation sites (tertiary alicyclic amines) is 1. The van der Waals surface area contributed by atoms with Crippen LogP contribution in [-0.2, 0) is 11.2 Å². The van der Waals surface area contributed by atoms with Gasteiger partial charge in [-0.15, -0.1) is 0 Å². The smallest absolute Gasteiger partial charge is 0.319 e. The Hall–Kier alpha value is -2.15. The first-order valence-electron chi connectivity index (χ1n) is 6.96. The van der Waals surface area contributed by atoms with Gasteiger partial charge in [-0.25, -0.2) is 4.79 Å². The maximum Gasteiger partial charge on any atom is 0.319 e. The van der Waals surface area contributed by atoms with Crippen LogP contribution in [-0.4, -0.2) is 53.2 Å². The number of nitrogens with one attached hydrogen (secondary N) is 2.